The van der Waals surface area contributed by atoms with Crippen molar-refractivity contribution < 1.29 is 4.74 Å². The number of anilines is 4. The number of hydrazine groups is 1. The molecule has 9 nitrogen and oxygen atoms in total. The lowest BCUT2D eigenvalue weighted by molar-refractivity contribution is 0.140. The summed E-state index contributed by atoms with van der Waals surface area (Å²) in [5.74, 6) is 5.47. The van der Waals surface area contributed by atoms with Gasteiger partial charge < -0.3 is 26.9 Å². The number of nitrogens with two attached hydrogens (primary N) is 3. The van der Waals surface area contributed by atoms with Crippen LogP contribution in [0.15, 0.2) is 12.1 Å². The number of ether oxygens (including phenoxy) is 1. The third-order valence-corrected chi connectivity index (χ3v) is 3.20. The average molecular weight is 322 g/mol. The first kappa shape index (κ1) is 18.7. The maximum absolute atomic E-state index is 7.31. The highest BCUT2D eigenvalue weighted by atomic mass is 16.5. The van der Waals surface area contributed by atoms with Crippen LogP contribution >= 0.6 is 0 Å². The Kier molecular flexibility index (Phi) is 8.43. The van der Waals surface area contributed by atoms with Crippen molar-refractivity contribution >= 4 is 35.4 Å². The van der Waals surface area contributed by atoms with Gasteiger partial charge in [0.15, 0.2) is 0 Å². The van der Waals surface area contributed by atoms with E-state index in [0.717, 1.165) is 25.5 Å². The molecular weight excluding hydrogens is 296 g/mol. The van der Waals surface area contributed by atoms with Crippen molar-refractivity contribution in [1.82, 2.24) is 0 Å². The first-order valence-corrected chi connectivity index (χ1v) is 7.39. The molecule has 0 bridgehead atoms. The van der Waals surface area contributed by atoms with Gasteiger partial charge in [-0.25, -0.2) is 0 Å². The van der Waals surface area contributed by atoms with Gasteiger partial charge in [-0.15, -0.1) is 0 Å². The first-order chi connectivity index (χ1) is 11.2. The van der Waals surface area contributed by atoms with Crippen LogP contribution in [0.5, 0.6) is 0 Å². The summed E-state index contributed by atoms with van der Waals surface area (Å²) >= 11 is 0. The number of nitrogens with zero attached hydrogens (tertiary/aromatic N) is 1. The van der Waals surface area contributed by atoms with Crippen molar-refractivity contribution in [3.8, 4) is 0 Å². The molecule has 1 aromatic rings. The van der Waals surface area contributed by atoms with Gasteiger partial charge in [0.2, 0.25) is 0 Å². The van der Waals surface area contributed by atoms with E-state index in [1.807, 2.05) is 0 Å². The van der Waals surface area contributed by atoms with E-state index < -0.39 is 0 Å². The molecule has 1 rings (SSSR count). The fourth-order valence-electron chi connectivity index (χ4n) is 1.95. The van der Waals surface area contributed by atoms with Crippen LogP contribution in [0.2, 0.25) is 0 Å². The molecule has 0 spiro atoms. The van der Waals surface area contributed by atoms with E-state index in [1.54, 1.807) is 12.1 Å². The van der Waals surface area contributed by atoms with Crippen LogP contribution in [0.4, 0.5) is 22.7 Å². The Morgan fingerprint density at radius 1 is 1.13 bits per heavy atom. The van der Waals surface area contributed by atoms with E-state index in [4.69, 9.17) is 32.9 Å². The van der Waals surface area contributed by atoms with Crippen molar-refractivity contribution in [3.05, 3.63) is 12.1 Å². The molecule has 10 N–H and O–H groups in total. The Labute approximate surface area is 136 Å². The number of nitrogens with one attached hydrogen (secondary N) is 4. The van der Waals surface area contributed by atoms with Crippen LogP contribution < -0.4 is 33.0 Å². The minimum absolute atomic E-state index is 0.467. The van der Waals surface area contributed by atoms with Crippen molar-refractivity contribution in [3.63, 3.8) is 0 Å². The summed E-state index contributed by atoms with van der Waals surface area (Å²) in [7, 11) is 0. The van der Waals surface area contributed by atoms with Crippen LogP contribution in [0, 0.1) is 10.8 Å². The summed E-state index contributed by atoms with van der Waals surface area (Å²) < 4.78 is 5.49. The van der Waals surface area contributed by atoms with E-state index >= 15 is 0 Å². The lowest BCUT2D eigenvalue weighted by Crippen LogP contribution is -2.20. The highest BCUT2D eigenvalue weighted by Gasteiger charge is 2.10. The molecule has 0 saturated carbocycles. The molecule has 0 fully saturated rings. The maximum Gasteiger partial charge on any atom is 0.0915 e. The number of nitrogen functional groups attached to an aromatic ring is 2. The van der Waals surface area contributed by atoms with Gasteiger partial charge in [-0.05, 0) is 31.5 Å². The zero-order valence-electron chi connectivity index (χ0n) is 13.1. The van der Waals surface area contributed by atoms with Gasteiger partial charge in [-0.1, -0.05) is 0 Å². The topological polar surface area (TPSA) is 162 Å². The lowest BCUT2D eigenvalue weighted by atomic mass is 10.2. The molecule has 0 aliphatic rings. The zero-order valence-corrected chi connectivity index (χ0v) is 13.1. The molecule has 128 valence electrons. The van der Waals surface area contributed by atoms with Crippen LogP contribution in [0.1, 0.15) is 12.8 Å². The van der Waals surface area contributed by atoms with Crippen molar-refractivity contribution in [2.45, 2.75) is 12.8 Å². The van der Waals surface area contributed by atoms with Gasteiger partial charge in [0.1, 0.15) is 0 Å². The summed E-state index contributed by atoms with van der Waals surface area (Å²) in [5, 5.41) is 17.8. The fraction of sp³-hybridized carbons (Fsp3) is 0.429. The largest absolute Gasteiger partial charge is 0.395 e. The van der Waals surface area contributed by atoms with E-state index in [-0.39, 0.29) is 0 Å². The zero-order chi connectivity index (χ0) is 17.1. The van der Waals surface area contributed by atoms with Crippen LogP contribution in [-0.4, -0.2) is 39.0 Å². The third-order valence-electron chi connectivity index (χ3n) is 3.20. The Bertz CT molecular complexity index is 500. The maximum atomic E-state index is 7.31. The van der Waals surface area contributed by atoms with Gasteiger partial charge in [-0.3, -0.25) is 21.6 Å². The van der Waals surface area contributed by atoms with Crippen molar-refractivity contribution in [1.29, 1.82) is 10.8 Å². The van der Waals surface area contributed by atoms with Gasteiger partial charge in [0.25, 0.3) is 0 Å². The minimum Gasteiger partial charge on any atom is -0.395 e. The second kappa shape index (κ2) is 10.4. The summed E-state index contributed by atoms with van der Waals surface area (Å²) in [6.07, 6.45) is 3.96. The van der Waals surface area contributed by atoms with Gasteiger partial charge >= 0.3 is 0 Å². The quantitative estimate of drug-likeness (QED) is 0.0745. The number of hydrogen-bond donors (Lipinski definition) is 7. The molecular formula is C14H26N8O. The molecule has 0 heterocycles. The van der Waals surface area contributed by atoms with E-state index in [1.165, 1.54) is 4.90 Å². The predicted octanol–water partition coefficient (Wildman–Crippen LogP) is 0.742. The number of benzene rings is 1. The highest BCUT2D eigenvalue weighted by molar-refractivity contribution is 6.00. The Hall–Kier alpha value is -2.36. The predicted molar refractivity (Wildman–Crippen MR) is 96.3 cm³/mol. The highest BCUT2D eigenvalue weighted by Crippen LogP contribution is 2.32. The fourth-order valence-corrected chi connectivity index (χ4v) is 1.95. The molecule has 1 aromatic carbocycles. The van der Waals surface area contributed by atoms with Crippen molar-refractivity contribution in [2.24, 2.45) is 11.6 Å². The van der Waals surface area contributed by atoms with Crippen LogP contribution in [-0.2, 0) is 4.74 Å². The molecule has 0 aromatic heterocycles. The standard InChI is InChI=1S/C14H26N8O/c15-3-1-2-5-23-6-4-20-12-7-11(22(9-16)10-17)8-13(21-19)14(12)18/h7-10,16-17,20-21H,1-6,15,18-19H2. The Morgan fingerprint density at radius 2 is 1.83 bits per heavy atom. The summed E-state index contributed by atoms with van der Waals surface area (Å²) in [4.78, 5) is 1.33. The summed E-state index contributed by atoms with van der Waals surface area (Å²) in [6, 6.07) is 3.42. The lowest BCUT2D eigenvalue weighted by Gasteiger charge is -2.19. The smallest absolute Gasteiger partial charge is 0.0915 e. The van der Waals surface area contributed by atoms with E-state index in [0.29, 0.717) is 49.1 Å². The van der Waals surface area contributed by atoms with Crippen LogP contribution in [0.3, 0.4) is 0 Å². The van der Waals surface area contributed by atoms with Crippen molar-refractivity contribution in [2.75, 3.05) is 47.7 Å². The normalized spacial score (nSPS) is 10.2. The monoisotopic (exact) mass is 322 g/mol. The SMILES string of the molecule is N=CN(C=N)c1cc(NN)c(N)c(NCCOCCCCN)c1. The molecule has 0 saturated heterocycles. The van der Waals surface area contributed by atoms with E-state index in [2.05, 4.69) is 10.7 Å². The number of hydrogen-bond acceptors (Lipinski definition) is 8. The van der Waals surface area contributed by atoms with Gasteiger partial charge in [-0.2, -0.15) is 0 Å². The number of unbranched alkanes of at least 4 members (excludes halogenated alkanes) is 1. The Morgan fingerprint density at radius 3 is 2.43 bits per heavy atom. The average Bonchev–Trinajstić information content (AvgIpc) is 2.57. The molecule has 0 radical (unpaired) electrons. The molecule has 9 heteroatoms. The molecule has 0 amide bonds. The first-order valence-electron chi connectivity index (χ1n) is 7.39. The second-order valence-electron chi connectivity index (χ2n) is 4.80. The Balaban J connectivity index is 2.67. The summed E-state index contributed by atoms with van der Waals surface area (Å²) in [5.41, 5.74) is 16.2. The second-order valence-corrected chi connectivity index (χ2v) is 4.80. The molecule has 23 heavy (non-hydrogen) atoms. The van der Waals surface area contributed by atoms with Gasteiger partial charge in [0, 0.05) is 13.2 Å². The molecule has 0 aliphatic carbocycles. The van der Waals surface area contributed by atoms with Gasteiger partial charge in [0.05, 0.1) is 42.0 Å². The molecule has 0 unspecified atom stereocenters. The third kappa shape index (κ3) is 5.74. The number of rotatable bonds is 12. The van der Waals surface area contributed by atoms with Crippen LogP contribution in [0.25, 0.3) is 0 Å². The van der Waals surface area contributed by atoms with E-state index in [9.17, 15) is 0 Å². The summed E-state index contributed by atoms with van der Waals surface area (Å²) in [6.45, 7) is 2.48. The molecule has 0 aliphatic heterocycles. The molecule has 0 atom stereocenters. The minimum atomic E-state index is 0.467.